The lowest BCUT2D eigenvalue weighted by Crippen LogP contribution is -2.37. The predicted molar refractivity (Wildman–Crippen MR) is 87.4 cm³/mol. The van der Waals surface area contributed by atoms with E-state index in [1.807, 2.05) is 0 Å². The lowest BCUT2D eigenvalue weighted by Gasteiger charge is -2.05. The first-order valence-corrected chi connectivity index (χ1v) is 7.25. The van der Waals surface area contributed by atoms with E-state index < -0.39 is 17.0 Å². The van der Waals surface area contributed by atoms with Gasteiger partial charge in [-0.15, -0.1) is 0 Å². The van der Waals surface area contributed by atoms with Gasteiger partial charge in [0.1, 0.15) is 11.6 Å². The zero-order valence-electron chi connectivity index (χ0n) is 13.5. The van der Waals surface area contributed by atoms with E-state index >= 15 is 0 Å². The Morgan fingerprint density at radius 2 is 1.96 bits per heavy atom. The molecule has 0 amide bonds. The third kappa shape index (κ3) is 2.83. The van der Waals surface area contributed by atoms with Crippen LogP contribution in [-0.4, -0.2) is 21.7 Å². The molecule has 0 fully saturated rings. The molecule has 0 unspecified atom stereocenters. The molecule has 3 rings (SSSR count). The van der Waals surface area contributed by atoms with E-state index in [2.05, 4.69) is 0 Å². The second-order valence-electron chi connectivity index (χ2n) is 5.41. The maximum atomic E-state index is 12.6. The SMILES string of the molecule is Cn1cc(/C=C(/C#N)C(=O)c2ccc3c(c2)OCO3)c(=O)n(C)c1=O. The summed E-state index contributed by atoms with van der Waals surface area (Å²) < 4.78 is 12.5. The number of allylic oxidation sites excluding steroid dienone is 1. The van der Waals surface area contributed by atoms with Crippen LogP contribution in [0.5, 0.6) is 11.5 Å². The number of aryl methyl sites for hydroxylation is 1. The van der Waals surface area contributed by atoms with Crippen molar-refractivity contribution in [3.63, 3.8) is 0 Å². The smallest absolute Gasteiger partial charge is 0.330 e. The molecule has 25 heavy (non-hydrogen) atoms. The fraction of sp³-hybridized carbons (Fsp3) is 0.176. The third-order valence-corrected chi connectivity index (χ3v) is 3.77. The summed E-state index contributed by atoms with van der Waals surface area (Å²) in [7, 11) is 2.80. The van der Waals surface area contributed by atoms with Crippen LogP contribution in [-0.2, 0) is 14.1 Å². The van der Waals surface area contributed by atoms with Gasteiger partial charge in [-0.2, -0.15) is 5.26 Å². The first-order valence-electron chi connectivity index (χ1n) is 7.25. The largest absolute Gasteiger partial charge is 0.454 e. The Hall–Kier alpha value is -3.60. The monoisotopic (exact) mass is 339 g/mol. The van der Waals surface area contributed by atoms with Crippen LogP contribution in [0.25, 0.3) is 6.08 Å². The normalized spacial score (nSPS) is 12.8. The van der Waals surface area contributed by atoms with Gasteiger partial charge in [0.15, 0.2) is 11.5 Å². The van der Waals surface area contributed by atoms with Gasteiger partial charge in [-0.1, -0.05) is 0 Å². The van der Waals surface area contributed by atoms with Crippen LogP contribution < -0.4 is 20.7 Å². The van der Waals surface area contributed by atoms with E-state index in [0.717, 1.165) is 4.57 Å². The minimum Gasteiger partial charge on any atom is -0.454 e. The van der Waals surface area contributed by atoms with Crippen LogP contribution in [0, 0.1) is 11.3 Å². The van der Waals surface area contributed by atoms with Crippen molar-refractivity contribution >= 4 is 11.9 Å². The van der Waals surface area contributed by atoms with E-state index in [9.17, 15) is 19.6 Å². The van der Waals surface area contributed by atoms with Crippen molar-refractivity contribution in [2.75, 3.05) is 6.79 Å². The number of hydrogen-bond donors (Lipinski definition) is 0. The molecule has 0 radical (unpaired) electrons. The van der Waals surface area contributed by atoms with Gasteiger partial charge in [-0.05, 0) is 24.3 Å². The third-order valence-electron chi connectivity index (χ3n) is 3.77. The highest BCUT2D eigenvalue weighted by Gasteiger charge is 2.19. The molecule has 1 aromatic heterocycles. The highest BCUT2D eigenvalue weighted by atomic mass is 16.7. The Balaban J connectivity index is 2.05. The molecule has 0 N–H and O–H groups in total. The van der Waals surface area contributed by atoms with Crippen molar-refractivity contribution in [2.24, 2.45) is 14.1 Å². The molecule has 1 aromatic carbocycles. The maximum absolute atomic E-state index is 12.6. The van der Waals surface area contributed by atoms with Crippen LogP contribution in [0.15, 0.2) is 39.6 Å². The minimum atomic E-state index is -0.589. The summed E-state index contributed by atoms with van der Waals surface area (Å²) >= 11 is 0. The van der Waals surface area contributed by atoms with Crippen LogP contribution in [0.3, 0.4) is 0 Å². The molecule has 8 heteroatoms. The van der Waals surface area contributed by atoms with Gasteiger partial charge in [0.05, 0.1) is 5.56 Å². The molecule has 1 aliphatic heterocycles. The second-order valence-corrected chi connectivity index (χ2v) is 5.41. The highest BCUT2D eigenvalue weighted by Crippen LogP contribution is 2.33. The summed E-state index contributed by atoms with van der Waals surface area (Å²) in [4.78, 5) is 36.4. The minimum absolute atomic E-state index is 0.0650. The number of carbonyl (C=O) groups excluding carboxylic acids is 1. The van der Waals surface area contributed by atoms with Crippen molar-refractivity contribution in [2.45, 2.75) is 0 Å². The molecule has 126 valence electrons. The fourth-order valence-electron chi connectivity index (χ4n) is 2.43. The number of rotatable bonds is 3. The Labute approximate surface area is 141 Å². The van der Waals surface area contributed by atoms with Crippen LogP contribution in [0.4, 0.5) is 0 Å². The molecular formula is C17H13N3O5. The number of nitriles is 1. The van der Waals surface area contributed by atoms with Crippen LogP contribution in [0.2, 0.25) is 0 Å². The van der Waals surface area contributed by atoms with Crippen LogP contribution >= 0.6 is 0 Å². The fourth-order valence-corrected chi connectivity index (χ4v) is 2.43. The molecule has 0 atom stereocenters. The van der Waals surface area contributed by atoms with E-state index in [4.69, 9.17) is 9.47 Å². The number of ether oxygens (including phenoxy) is 2. The van der Waals surface area contributed by atoms with E-state index in [0.29, 0.717) is 11.5 Å². The predicted octanol–water partition coefficient (Wildman–Crippen LogP) is 0.603. The number of hydrogen-bond acceptors (Lipinski definition) is 6. The molecule has 8 nitrogen and oxygen atoms in total. The van der Waals surface area contributed by atoms with Gasteiger partial charge in [0.2, 0.25) is 12.6 Å². The van der Waals surface area contributed by atoms with Crippen LogP contribution in [0.1, 0.15) is 15.9 Å². The number of carbonyl (C=O) groups is 1. The Morgan fingerprint density at radius 3 is 2.68 bits per heavy atom. The van der Waals surface area contributed by atoms with Gasteiger partial charge in [0, 0.05) is 25.9 Å². The zero-order valence-corrected chi connectivity index (χ0v) is 13.5. The Bertz CT molecular complexity index is 1070. The molecule has 0 saturated carbocycles. The summed E-state index contributed by atoms with van der Waals surface area (Å²) in [6, 6.07) is 6.38. The first kappa shape index (κ1) is 16.3. The van der Waals surface area contributed by atoms with Crippen molar-refractivity contribution in [3.05, 3.63) is 61.9 Å². The summed E-state index contributed by atoms with van der Waals surface area (Å²) in [6.45, 7) is 0.0714. The molecule has 0 saturated heterocycles. The number of fused-ring (bicyclic) bond motifs is 1. The van der Waals surface area contributed by atoms with Crippen molar-refractivity contribution in [3.8, 4) is 17.6 Å². The first-order chi connectivity index (χ1) is 11.9. The summed E-state index contributed by atoms with van der Waals surface area (Å²) in [5.41, 5.74) is -1.01. The summed E-state index contributed by atoms with van der Waals surface area (Å²) in [6.07, 6.45) is 2.46. The second kappa shape index (κ2) is 6.13. The number of benzene rings is 1. The number of aromatic nitrogens is 2. The highest BCUT2D eigenvalue weighted by molar-refractivity contribution is 6.14. The quantitative estimate of drug-likeness (QED) is 0.461. The van der Waals surface area contributed by atoms with Crippen molar-refractivity contribution in [1.82, 2.24) is 9.13 Å². The molecule has 0 aliphatic carbocycles. The van der Waals surface area contributed by atoms with E-state index in [1.54, 1.807) is 12.1 Å². The van der Waals surface area contributed by atoms with Gasteiger partial charge < -0.3 is 14.0 Å². The Morgan fingerprint density at radius 1 is 1.24 bits per heavy atom. The van der Waals surface area contributed by atoms with Crippen molar-refractivity contribution in [1.29, 1.82) is 5.26 Å². The molecular weight excluding hydrogens is 326 g/mol. The van der Waals surface area contributed by atoms with Gasteiger partial charge in [-0.25, -0.2) is 4.79 Å². The average Bonchev–Trinajstić information content (AvgIpc) is 3.09. The maximum Gasteiger partial charge on any atom is 0.330 e. The average molecular weight is 339 g/mol. The number of Topliss-reactive ketones (excluding diaryl/α,β-unsaturated/α-hetero) is 1. The molecule has 0 spiro atoms. The molecule has 2 heterocycles. The van der Waals surface area contributed by atoms with E-state index in [1.165, 1.54) is 43.1 Å². The topological polar surface area (TPSA) is 103 Å². The lowest BCUT2D eigenvalue weighted by molar-refractivity contribution is 0.103. The molecule has 1 aliphatic rings. The zero-order chi connectivity index (χ0) is 18.1. The number of ketones is 1. The van der Waals surface area contributed by atoms with Gasteiger partial charge in [-0.3, -0.25) is 14.2 Å². The van der Waals surface area contributed by atoms with Gasteiger partial charge in [0.25, 0.3) is 5.56 Å². The number of nitrogens with zero attached hydrogens (tertiary/aromatic N) is 3. The van der Waals surface area contributed by atoms with Gasteiger partial charge >= 0.3 is 5.69 Å². The molecule has 0 bridgehead atoms. The molecule has 2 aromatic rings. The summed E-state index contributed by atoms with van der Waals surface area (Å²) in [5, 5.41) is 9.32. The lowest BCUT2D eigenvalue weighted by atomic mass is 10.0. The Kier molecular flexibility index (Phi) is 3.99. The van der Waals surface area contributed by atoms with Crippen molar-refractivity contribution < 1.29 is 14.3 Å². The van der Waals surface area contributed by atoms with E-state index in [-0.39, 0.29) is 23.5 Å². The summed E-state index contributed by atoms with van der Waals surface area (Å²) in [5.74, 6) is 0.379. The standard InChI is InChI=1S/C17H13N3O5/c1-19-8-12(16(22)20(2)17(19)23)5-11(7-18)15(21)10-3-4-13-14(6-10)25-9-24-13/h3-6,8H,9H2,1-2H3/b11-5-.